The number of benzene rings is 1. The quantitative estimate of drug-likeness (QED) is 0.429. The zero-order valence-electron chi connectivity index (χ0n) is 15.8. The first-order valence-corrected chi connectivity index (χ1v) is 10.5. The summed E-state index contributed by atoms with van der Waals surface area (Å²) >= 11 is 1.99. The summed E-state index contributed by atoms with van der Waals surface area (Å²) in [6, 6.07) is 7.01. The van der Waals surface area contributed by atoms with E-state index in [-0.39, 0.29) is 10.6 Å². The van der Waals surface area contributed by atoms with Crippen LogP contribution in [0.2, 0.25) is 0 Å². The summed E-state index contributed by atoms with van der Waals surface area (Å²) in [5, 5.41) is 11.6. The van der Waals surface area contributed by atoms with Gasteiger partial charge in [-0.2, -0.15) is 0 Å². The summed E-state index contributed by atoms with van der Waals surface area (Å²) in [4.78, 5) is 15.5. The molecule has 1 aromatic rings. The van der Waals surface area contributed by atoms with Crippen LogP contribution in [0.15, 0.2) is 24.3 Å². The molecule has 2 heterocycles. The Bertz CT molecular complexity index is 597. The van der Waals surface area contributed by atoms with Crippen LogP contribution in [0.1, 0.15) is 26.7 Å². The van der Waals surface area contributed by atoms with Gasteiger partial charge in [0.15, 0.2) is 0 Å². The van der Waals surface area contributed by atoms with Gasteiger partial charge >= 0.3 is 0 Å². The Morgan fingerprint density at radius 1 is 1.15 bits per heavy atom. The van der Waals surface area contributed by atoms with Crippen LogP contribution in [0, 0.1) is 16.0 Å². The molecule has 0 radical (unpaired) electrons. The second-order valence-corrected chi connectivity index (χ2v) is 9.26. The second kappa shape index (κ2) is 9.06. The Hall–Kier alpha value is -1.31. The lowest BCUT2D eigenvalue weighted by Gasteiger charge is -2.39. The molecular formula is C19H30N4O2S. The Balaban J connectivity index is 1.43. The number of hydrogen-bond donors (Lipinski definition) is 0. The highest BCUT2D eigenvalue weighted by atomic mass is 32.2. The molecular weight excluding hydrogens is 348 g/mol. The Kier molecular flexibility index (Phi) is 6.78. The summed E-state index contributed by atoms with van der Waals surface area (Å²) in [7, 11) is 0. The third kappa shape index (κ3) is 5.34. The predicted molar refractivity (Wildman–Crippen MR) is 109 cm³/mol. The van der Waals surface area contributed by atoms with E-state index < -0.39 is 0 Å². The fourth-order valence-corrected chi connectivity index (χ4v) is 4.87. The van der Waals surface area contributed by atoms with E-state index in [0.717, 1.165) is 37.8 Å². The van der Waals surface area contributed by atoms with Gasteiger partial charge < -0.3 is 4.90 Å². The Morgan fingerprint density at radius 3 is 2.46 bits per heavy atom. The van der Waals surface area contributed by atoms with Gasteiger partial charge in [0.05, 0.1) is 4.92 Å². The van der Waals surface area contributed by atoms with Gasteiger partial charge in [-0.1, -0.05) is 31.9 Å². The van der Waals surface area contributed by atoms with Crippen LogP contribution in [-0.2, 0) is 0 Å². The molecule has 2 saturated heterocycles. The molecule has 0 saturated carbocycles. The van der Waals surface area contributed by atoms with Crippen LogP contribution in [-0.4, -0.2) is 65.2 Å². The number of piperidine rings is 1. The lowest BCUT2D eigenvalue weighted by atomic mass is 9.97. The minimum atomic E-state index is -0.316. The van der Waals surface area contributed by atoms with E-state index in [1.165, 1.54) is 32.5 Å². The van der Waals surface area contributed by atoms with E-state index >= 15 is 0 Å². The molecule has 7 heteroatoms. The average molecular weight is 379 g/mol. The topological polar surface area (TPSA) is 52.9 Å². The van der Waals surface area contributed by atoms with Gasteiger partial charge in [-0.05, 0) is 24.8 Å². The van der Waals surface area contributed by atoms with Gasteiger partial charge in [-0.25, -0.2) is 0 Å². The number of nitro benzene ring substituents is 1. The molecule has 1 aromatic carbocycles. The molecule has 0 N–H and O–H groups in total. The van der Waals surface area contributed by atoms with Crippen LogP contribution < -0.4 is 4.90 Å². The summed E-state index contributed by atoms with van der Waals surface area (Å²) in [5.41, 5.74) is 1.15. The van der Waals surface area contributed by atoms with Gasteiger partial charge in [-0.3, -0.25) is 19.3 Å². The first-order valence-electron chi connectivity index (χ1n) is 9.65. The van der Waals surface area contributed by atoms with E-state index in [1.807, 2.05) is 18.0 Å². The summed E-state index contributed by atoms with van der Waals surface area (Å²) < 4.78 is 2.53. The molecule has 0 bridgehead atoms. The van der Waals surface area contributed by atoms with Crippen LogP contribution in [0.3, 0.4) is 0 Å². The Morgan fingerprint density at radius 2 is 1.85 bits per heavy atom. The third-order valence-electron chi connectivity index (χ3n) is 5.23. The number of non-ortho nitro benzene ring substituents is 1. The van der Waals surface area contributed by atoms with E-state index in [2.05, 4.69) is 28.0 Å². The normalized spacial score (nSPS) is 20.7. The number of nitrogens with zero attached hydrogens (tertiary/aromatic N) is 4. The highest BCUT2D eigenvalue weighted by Crippen LogP contribution is 2.27. The third-order valence-corrected chi connectivity index (χ3v) is 6.31. The molecule has 0 aliphatic carbocycles. The molecule has 0 unspecified atom stereocenters. The van der Waals surface area contributed by atoms with Gasteiger partial charge in [0.25, 0.3) is 5.69 Å². The Labute approximate surface area is 160 Å². The predicted octanol–water partition coefficient (Wildman–Crippen LogP) is 3.49. The van der Waals surface area contributed by atoms with E-state index in [0.29, 0.717) is 5.25 Å². The number of nitro groups is 1. The van der Waals surface area contributed by atoms with Gasteiger partial charge in [0.1, 0.15) is 0 Å². The maximum Gasteiger partial charge on any atom is 0.271 e. The van der Waals surface area contributed by atoms with Gasteiger partial charge in [0, 0.05) is 68.9 Å². The van der Waals surface area contributed by atoms with Gasteiger partial charge in [0.2, 0.25) is 0 Å². The van der Waals surface area contributed by atoms with Crippen molar-refractivity contribution in [3.63, 3.8) is 0 Å². The minimum absolute atomic E-state index is 0.177. The average Bonchev–Trinajstić information content (AvgIpc) is 2.64. The minimum Gasteiger partial charge on any atom is -0.369 e. The number of piperazine rings is 1. The van der Waals surface area contributed by atoms with E-state index in [9.17, 15) is 10.1 Å². The zero-order chi connectivity index (χ0) is 18.5. The maximum absolute atomic E-state index is 11.0. The van der Waals surface area contributed by atoms with Crippen molar-refractivity contribution in [3.8, 4) is 0 Å². The van der Waals surface area contributed by atoms with Crippen molar-refractivity contribution < 1.29 is 4.92 Å². The van der Waals surface area contributed by atoms with Crippen molar-refractivity contribution >= 4 is 23.3 Å². The lowest BCUT2D eigenvalue weighted by molar-refractivity contribution is -0.384. The van der Waals surface area contributed by atoms with Crippen LogP contribution in [0.5, 0.6) is 0 Å². The van der Waals surface area contributed by atoms with E-state index in [4.69, 9.17) is 0 Å². The molecule has 3 rings (SSSR count). The highest BCUT2D eigenvalue weighted by Gasteiger charge is 2.25. The standard InChI is InChI=1S/C19H30N4O2S/c1-16(2)26-22-8-6-17(7-9-22)15-20-10-12-21(13-11-20)18-4-3-5-19(14-18)23(24)25/h3-5,14,16-17H,6-13,15H2,1-2H3. The summed E-state index contributed by atoms with van der Waals surface area (Å²) in [6.45, 7) is 12.1. The molecule has 0 spiro atoms. The first kappa shape index (κ1) is 19.5. The summed E-state index contributed by atoms with van der Waals surface area (Å²) in [6.07, 6.45) is 2.59. The van der Waals surface area contributed by atoms with Crippen molar-refractivity contribution in [3.05, 3.63) is 34.4 Å². The van der Waals surface area contributed by atoms with Gasteiger partial charge in [-0.15, -0.1) is 0 Å². The second-order valence-electron chi connectivity index (χ2n) is 7.59. The molecule has 26 heavy (non-hydrogen) atoms. The van der Waals surface area contributed by atoms with Crippen molar-refractivity contribution in [1.82, 2.24) is 9.21 Å². The molecule has 0 atom stereocenters. The SMILES string of the molecule is CC(C)SN1CCC(CN2CCN(c3cccc([N+](=O)[O-])c3)CC2)CC1. The molecule has 0 amide bonds. The van der Waals surface area contributed by atoms with Crippen molar-refractivity contribution in [2.24, 2.45) is 5.92 Å². The maximum atomic E-state index is 11.0. The number of anilines is 1. The lowest BCUT2D eigenvalue weighted by Crippen LogP contribution is -2.48. The molecule has 6 nitrogen and oxygen atoms in total. The molecule has 2 aliphatic heterocycles. The largest absolute Gasteiger partial charge is 0.369 e. The van der Waals surface area contributed by atoms with Crippen LogP contribution in [0.25, 0.3) is 0 Å². The van der Waals surface area contributed by atoms with Crippen LogP contribution >= 0.6 is 11.9 Å². The fourth-order valence-electron chi connectivity index (χ4n) is 3.85. The molecule has 0 aromatic heterocycles. The zero-order valence-corrected chi connectivity index (χ0v) is 16.7. The molecule has 2 aliphatic rings. The van der Waals surface area contributed by atoms with Crippen molar-refractivity contribution in [1.29, 1.82) is 0 Å². The summed E-state index contributed by atoms with van der Waals surface area (Å²) in [5.74, 6) is 0.809. The van der Waals surface area contributed by atoms with E-state index in [1.54, 1.807) is 18.2 Å². The van der Waals surface area contributed by atoms with Crippen molar-refractivity contribution in [2.75, 3.05) is 50.7 Å². The number of hydrogen-bond acceptors (Lipinski definition) is 6. The van der Waals surface area contributed by atoms with Crippen LogP contribution in [0.4, 0.5) is 11.4 Å². The highest BCUT2D eigenvalue weighted by molar-refractivity contribution is 7.97. The molecule has 144 valence electrons. The van der Waals surface area contributed by atoms with Crippen molar-refractivity contribution in [2.45, 2.75) is 31.9 Å². The fraction of sp³-hybridized carbons (Fsp3) is 0.684. The number of rotatable bonds is 6. The monoisotopic (exact) mass is 378 g/mol. The first-order chi connectivity index (χ1) is 12.5. The smallest absolute Gasteiger partial charge is 0.271 e. The molecule has 2 fully saturated rings.